The molecule has 0 bridgehead atoms. The summed E-state index contributed by atoms with van der Waals surface area (Å²) in [7, 11) is 0. The first kappa shape index (κ1) is 10.5. The van der Waals surface area contributed by atoms with Crippen molar-refractivity contribution in [2.24, 2.45) is 5.92 Å². The quantitative estimate of drug-likeness (QED) is 0.703. The lowest BCUT2D eigenvalue weighted by Crippen LogP contribution is -2.03. The summed E-state index contributed by atoms with van der Waals surface area (Å²) in [5.74, 6) is 1.74. The van der Waals surface area contributed by atoms with Crippen molar-refractivity contribution in [3.63, 3.8) is 0 Å². The van der Waals surface area contributed by atoms with Crippen LogP contribution in [0.3, 0.4) is 0 Å². The van der Waals surface area contributed by atoms with Gasteiger partial charge in [0.2, 0.25) is 0 Å². The Morgan fingerprint density at radius 1 is 1.25 bits per heavy atom. The second kappa shape index (κ2) is 4.29. The predicted molar refractivity (Wildman–Crippen MR) is 66.2 cm³/mol. The smallest absolute Gasteiger partial charge is 0.122 e. The predicted octanol–water partition coefficient (Wildman–Crippen LogP) is 4.09. The Bertz CT molecular complexity index is 382. The molecule has 1 fully saturated rings. The number of alkyl halides is 1. The molecule has 1 unspecified atom stereocenters. The molecule has 86 valence electrons. The van der Waals surface area contributed by atoms with Gasteiger partial charge in [0.1, 0.15) is 5.75 Å². The highest BCUT2D eigenvalue weighted by atomic mass is 35.5. The average molecular weight is 237 g/mol. The zero-order valence-electron chi connectivity index (χ0n) is 9.42. The van der Waals surface area contributed by atoms with Crippen LogP contribution in [-0.4, -0.2) is 6.61 Å². The van der Waals surface area contributed by atoms with E-state index < -0.39 is 0 Å². The summed E-state index contributed by atoms with van der Waals surface area (Å²) in [5, 5.41) is 0.202. The zero-order valence-corrected chi connectivity index (χ0v) is 10.2. The number of fused-ring (bicyclic) bond motifs is 1. The van der Waals surface area contributed by atoms with Gasteiger partial charge in [-0.15, -0.1) is 11.6 Å². The van der Waals surface area contributed by atoms with Gasteiger partial charge in [0.05, 0.1) is 12.0 Å². The van der Waals surface area contributed by atoms with Crippen molar-refractivity contribution in [2.75, 3.05) is 6.61 Å². The molecule has 1 aromatic carbocycles. The highest BCUT2D eigenvalue weighted by molar-refractivity contribution is 6.21. The van der Waals surface area contributed by atoms with E-state index in [1.165, 1.54) is 36.8 Å². The minimum Gasteiger partial charge on any atom is -0.493 e. The number of benzene rings is 1. The second-order valence-electron chi connectivity index (χ2n) is 4.91. The first-order valence-corrected chi connectivity index (χ1v) is 6.68. The standard InChI is InChI=1S/C14H17ClO/c15-14(10-3-1-2-4-10)12-5-6-13-11(9-12)7-8-16-13/h5-6,9-10,14H,1-4,7-8H2. The molecule has 0 spiro atoms. The van der Waals surface area contributed by atoms with Gasteiger partial charge in [-0.05, 0) is 36.0 Å². The molecule has 0 N–H and O–H groups in total. The van der Waals surface area contributed by atoms with Crippen LogP contribution in [-0.2, 0) is 6.42 Å². The highest BCUT2D eigenvalue weighted by Crippen LogP contribution is 2.41. The largest absolute Gasteiger partial charge is 0.493 e. The molecule has 1 saturated carbocycles. The molecular formula is C14H17ClO. The zero-order chi connectivity index (χ0) is 11.0. The van der Waals surface area contributed by atoms with E-state index in [2.05, 4.69) is 18.2 Å². The maximum Gasteiger partial charge on any atom is 0.122 e. The van der Waals surface area contributed by atoms with Gasteiger partial charge in [-0.1, -0.05) is 25.0 Å². The molecule has 1 heterocycles. The molecule has 1 atom stereocenters. The van der Waals surface area contributed by atoms with Crippen molar-refractivity contribution in [2.45, 2.75) is 37.5 Å². The number of hydrogen-bond donors (Lipinski definition) is 0. The number of hydrogen-bond acceptors (Lipinski definition) is 1. The van der Waals surface area contributed by atoms with E-state index in [4.69, 9.17) is 16.3 Å². The third-order valence-electron chi connectivity index (χ3n) is 3.85. The SMILES string of the molecule is ClC(c1ccc2c(c1)CCO2)C1CCCC1. The van der Waals surface area contributed by atoms with Crippen LogP contribution in [0.25, 0.3) is 0 Å². The maximum atomic E-state index is 6.57. The molecule has 0 amide bonds. The summed E-state index contributed by atoms with van der Waals surface area (Å²) in [4.78, 5) is 0. The number of halogens is 1. The lowest BCUT2D eigenvalue weighted by atomic mass is 9.95. The van der Waals surface area contributed by atoms with E-state index in [1.807, 2.05) is 0 Å². The third-order valence-corrected chi connectivity index (χ3v) is 4.45. The van der Waals surface area contributed by atoms with Crippen molar-refractivity contribution < 1.29 is 4.74 Å². The van der Waals surface area contributed by atoms with Crippen LogP contribution >= 0.6 is 11.6 Å². The van der Waals surface area contributed by atoms with E-state index in [9.17, 15) is 0 Å². The molecule has 1 aromatic rings. The molecule has 3 rings (SSSR count). The summed E-state index contributed by atoms with van der Waals surface area (Å²) < 4.78 is 5.52. The van der Waals surface area contributed by atoms with E-state index in [-0.39, 0.29) is 5.38 Å². The fourth-order valence-electron chi connectivity index (χ4n) is 2.90. The highest BCUT2D eigenvalue weighted by Gasteiger charge is 2.25. The van der Waals surface area contributed by atoms with Crippen LogP contribution in [0.2, 0.25) is 0 Å². The van der Waals surface area contributed by atoms with Crippen LogP contribution < -0.4 is 4.74 Å². The Labute approximate surface area is 102 Å². The summed E-state index contributed by atoms with van der Waals surface area (Å²) in [5.41, 5.74) is 2.62. The monoisotopic (exact) mass is 236 g/mol. The molecule has 2 heteroatoms. The Kier molecular flexibility index (Phi) is 2.81. The summed E-state index contributed by atoms with van der Waals surface area (Å²) >= 11 is 6.57. The molecule has 1 aliphatic heterocycles. The molecule has 2 aliphatic rings. The fourth-order valence-corrected chi connectivity index (χ4v) is 3.29. The Morgan fingerprint density at radius 2 is 2.06 bits per heavy atom. The van der Waals surface area contributed by atoms with Crippen LogP contribution in [0, 0.1) is 5.92 Å². The minimum atomic E-state index is 0.202. The Morgan fingerprint density at radius 3 is 2.88 bits per heavy atom. The minimum absolute atomic E-state index is 0.202. The topological polar surface area (TPSA) is 9.23 Å². The first-order valence-electron chi connectivity index (χ1n) is 6.24. The van der Waals surface area contributed by atoms with Gasteiger partial charge in [-0.2, -0.15) is 0 Å². The Hall–Kier alpha value is -0.690. The molecule has 1 nitrogen and oxygen atoms in total. The van der Waals surface area contributed by atoms with Crippen LogP contribution in [0.4, 0.5) is 0 Å². The van der Waals surface area contributed by atoms with E-state index in [0.29, 0.717) is 5.92 Å². The number of ether oxygens (including phenoxy) is 1. The molecule has 0 radical (unpaired) electrons. The molecule has 0 saturated heterocycles. The van der Waals surface area contributed by atoms with Crippen LogP contribution in [0.15, 0.2) is 18.2 Å². The lowest BCUT2D eigenvalue weighted by Gasteiger charge is -2.17. The number of rotatable bonds is 2. The normalized spacial score (nSPS) is 21.8. The van der Waals surface area contributed by atoms with Gasteiger partial charge in [-0.25, -0.2) is 0 Å². The summed E-state index contributed by atoms with van der Waals surface area (Å²) in [6, 6.07) is 6.47. The van der Waals surface area contributed by atoms with Crippen LogP contribution in [0.5, 0.6) is 5.75 Å². The van der Waals surface area contributed by atoms with E-state index in [1.54, 1.807) is 0 Å². The van der Waals surface area contributed by atoms with Crippen molar-refractivity contribution in [3.05, 3.63) is 29.3 Å². The van der Waals surface area contributed by atoms with E-state index >= 15 is 0 Å². The van der Waals surface area contributed by atoms with Crippen molar-refractivity contribution in [1.29, 1.82) is 0 Å². The molecule has 0 aromatic heterocycles. The summed E-state index contributed by atoms with van der Waals surface area (Å²) in [6.45, 7) is 0.829. The van der Waals surface area contributed by atoms with Gasteiger partial charge in [0.25, 0.3) is 0 Å². The molecule has 16 heavy (non-hydrogen) atoms. The van der Waals surface area contributed by atoms with Crippen molar-refractivity contribution >= 4 is 11.6 Å². The van der Waals surface area contributed by atoms with Gasteiger partial charge in [-0.3, -0.25) is 0 Å². The van der Waals surface area contributed by atoms with Crippen LogP contribution in [0.1, 0.15) is 42.2 Å². The third kappa shape index (κ3) is 1.82. The first-order chi connectivity index (χ1) is 7.84. The molecular weight excluding hydrogens is 220 g/mol. The summed E-state index contributed by atoms with van der Waals surface area (Å²) in [6.07, 6.45) is 6.32. The molecule has 1 aliphatic carbocycles. The fraction of sp³-hybridized carbons (Fsp3) is 0.571. The second-order valence-corrected chi connectivity index (χ2v) is 5.38. The van der Waals surface area contributed by atoms with Crippen molar-refractivity contribution in [3.8, 4) is 5.75 Å². The average Bonchev–Trinajstić information content (AvgIpc) is 2.98. The maximum absolute atomic E-state index is 6.57. The Balaban J connectivity index is 1.83. The van der Waals surface area contributed by atoms with Gasteiger partial charge in [0, 0.05) is 6.42 Å². The van der Waals surface area contributed by atoms with Gasteiger partial charge in [0.15, 0.2) is 0 Å². The van der Waals surface area contributed by atoms with Gasteiger partial charge < -0.3 is 4.74 Å². The van der Waals surface area contributed by atoms with Gasteiger partial charge >= 0.3 is 0 Å². The lowest BCUT2D eigenvalue weighted by molar-refractivity contribution is 0.356. The van der Waals surface area contributed by atoms with Crippen molar-refractivity contribution in [1.82, 2.24) is 0 Å². The van der Waals surface area contributed by atoms with E-state index in [0.717, 1.165) is 18.8 Å².